The summed E-state index contributed by atoms with van der Waals surface area (Å²) < 4.78 is 5.44. The number of rotatable bonds is 5. The number of anilines is 1. The summed E-state index contributed by atoms with van der Waals surface area (Å²) in [6.45, 7) is 3.63. The maximum Gasteiger partial charge on any atom is 0.208 e. The number of fused-ring (bicyclic) bond motifs is 1. The van der Waals surface area contributed by atoms with Gasteiger partial charge in [0.15, 0.2) is 0 Å². The highest BCUT2D eigenvalue weighted by Crippen LogP contribution is 2.30. The second-order valence-electron chi connectivity index (χ2n) is 5.74. The van der Waals surface area contributed by atoms with Crippen LogP contribution in [0.3, 0.4) is 0 Å². The summed E-state index contributed by atoms with van der Waals surface area (Å²) in [6, 6.07) is 9.64. The third kappa shape index (κ3) is 3.46. The van der Waals surface area contributed by atoms with Crippen LogP contribution >= 0.6 is 11.6 Å². The molecule has 3 aromatic rings. The molecule has 0 unspecified atom stereocenters. The molecule has 0 fully saturated rings. The largest absolute Gasteiger partial charge is 0.381 e. The summed E-state index contributed by atoms with van der Waals surface area (Å²) >= 11 is 5.97. The Morgan fingerprint density at radius 1 is 1.22 bits per heavy atom. The number of likely N-dealkylation sites (N-methyl/N-ethyl adjacent to an activating group) is 1. The maximum absolute atomic E-state index is 5.97. The average Bonchev–Trinajstić information content (AvgIpc) is 2.89. The van der Waals surface area contributed by atoms with Crippen molar-refractivity contribution in [1.29, 1.82) is 0 Å². The smallest absolute Gasteiger partial charge is 0.208 e. The molecule has 120 valence electrons. The number of hydrogen-bond donors (Lipinski definition) is 1. The summed E-state index contributed by atoms with van der Waals surface area (Å²) in [5, 5.41) is 8.16. The molecule has 0 aliphatic rings. The minimum Gasteiger partial charge on any atom is -0.381 e. The molecular weight excluding hydrogens is 312 g/mol. The fraction of sp³-hybridized carbons (Fsp3) is 0.294. The van der Waals surface area contributed by atoms with Crippen LogP contribution in [0.2, 0.25) is 5.02 Å². The predicted molar refractivity (Wildman–Crippen MR) is 94.0 cm³/mol. The lowest BCUT2D eigenvalue weighted by atomic mass is 10.1. The lowest BCUT2D eigenvalue weighted by Crippen LogP contribution is -2.20. The highest BCUT2D eigenvalue weighted by Gasteiger charge is 2.14. The van der Waals surface area contributed by atoms with E-state index in [2.05, 4.69) is 20.4 Å². The molecule has 0 radical (unpaired) electrons. The Bertz CT molecular complexity index is 811. The average molecular weight is 331 g/mol. The van der Waals surface area contributed by atoms with Crippen molar-refractivity contribution in [2.45, 2.75) is 6.92 Å². The van der Waals surface area contributed by atoms with Crippen LogP contribution in [0.1, 0.15) is 5.69 Å². The van der Waals surface area contributed by atoms with Gasteiger partial charge in [-0.15, -0.1) is 0 Å². The van der Waals surface area contributed by atoms with E-state index in [0.717, 1.165) is 41.2 Å². The van der Waals surface area contributed by atoms with Crippen molar-refractivity contribution in [2.24, 2.45) is 0 Å². The molecule has 0 bridgehead atoms. The third-order valence-corrected chi connectivity index (χ3v) is 3.86. The van der Waals surface area contributed by atoms with Gasteiger partial charge in [0.25, 0.3) is 0 Å². The molecule has 2 heterocycles. The van der Waals surface area contributed by atoms with Crippen LogP contribution in [0.15, 0.2) is 34.9 Å². The van der Waals surface area contributed by atoms with Gasteiger partial charge >= 0.3 is 0 Å². The summed E-state index contributed by atoms with van der Waals surface area (Å²) in [6.07, 6.45) is 0. The second-order valence-corrected chi connectivity index (χ2v) is 6.17. The van der Waals surface area contributed by atoms with E-state index in [1.807, 2.05) is 51.4 Å². The molecular formula is C17H19ClN4O. The van der Waals surface area contributed by atoms with Gasteiger partial charge in [-0.05, 0) is 39.2 Å². The van der Waals surface area contributed by atoms with Crippen molar-refractivity contribution in [3.63, 3.8) is 0 Å². The van der Waals surface area contributed by atoms with Crippen LogP contribution in [0.5, 0.6) is 0 Å². The van der Waals surface area contributed by atoms with Crippen molar-refractivity contribution in [3.05, 3.63) is 41.0 Å². The SMILES string of the molecule is Cc1noc2c(NCCN(C)C)cc(-c3ccc(Cl)cc3)nc12. The number of pyridine rings is 1. The van der Waals surface area contributed by atoms with Gasteiger partial charge in [0.1, 0.15) is 11.2 Å². The number of hydrogen-bond acceptors (Lipinski definition) is 5. The molecule has 0 spiro atoms. The standard InChI is InChI=1S/C17H19ClN4O/c1-11-16-17(23-21-11)15(19-8-9-22(2)3)10-14(20-16)12-4-6-13(18)7-5-12/h4-7,10H,8-9H2,1-3H3,(H,19,20). The summed E-state index contributed by atoms with van der Waals surface area (Å²) in [7, 11) is 4.09. The Morgan fingerprint density at radius 2 is 1.96 bits per heavy atom. The van der Waals surface area contributed by atoms with Crippen LogP contribution in [-0.2, 0) is 0 Å². The van der Waals surface area contributed by atoms with Gasteiger partial charge in [-0.25, -0.2) is 4.98 Å². The third-order valence-electron chi connectivity index (χ3n) is 3.60. The van der Waals surface area contributed by atoms with Gasteiger partial charge in [-0.2, -0.15) is 0 Å². The topological polar surface area (TPSA) is 54.2 Å². The molecule has 23 heavy (non-hydrogen) atoms. The fourth-order valence-electron chi connectivity index (χ4n) is 2.34. The number of halogens is 1. The molecule has 2 aromatic heterocycles. The Kier molecular flexibility index (Phi) is 4.50. The van der Waals surface area contributed by atoms with Crippen molar-refractivity contribution in [2.75, 3.05) is 32.5 Å². The summed E-state index contributed by atoms with van der Waals surface area (Å²) in [5.74, 6) is 0. The van der Waals surface area contributed by atoms with E-state index in [4.69, 9.17) is 16.1 Å². The van der Waals surface area contributed by atoms with E-state index in [0.29, 0.717) is 10.6 Å². The Hall–Kier alpha value is -2.11. The molecule has 1 N–H and O–H groups in total. The normalized spacial score (nSPS) is 11.3. The van der Waals surface area contributed by atoms with Gasteiger partial charge in [-0.3, -0.25) is 0 Å². The summed E-state index contributed by atoms with van der Waals surface area (Å²) in [4.78, 5) is 6.81. The van der Waals surface area contributed by atoms with Crippen LogP contribution < -0.4 is 5.32 Å². The molecule has 1 aromatic carbocycles. The quantitative estimate of drug-likeness (QED) is 0.770. The Labute approximate surface area is 140 Å². The molecule has 0 aliphatic carbocycles. The fourth-order valence-corrected chi connectivity index (χ4v) is 2.47. The van der Waals surface area contributed by atoms with E-state index in [1.165, 1.54) is 0 Å². The molecule has 0 atom stereocenters. The first-order valence-electron chi connectivity index (χ1n) is 7.46. The highest BCUT2D eigenvalue weighted by atomic mass is 35.5. The molecule has 5 nitrogen and oxygen atoms in total. The molecule has 0 aliphatic heterocycles. The van der Waals surface area contributed by atoms with Crippen LogP contribution in [0, 0.1) is 6.92 Å². The van der Waals surface area contributed by atoms with Gasteiger partial charge < -0.3 is 14.7 Å². The predicted octanol–water partition coefficient (Wildman–Crippen LogP) is 3.83. The molecule has 0 amide bonds. The van der Waals surface area contributed by atoms with E-state index in [1.54, 1.807) is 0 Å². The first kappa shape index (κ1) is 15.8. The van der Waals surface area contributed by atoms with Gasteiger partial charge in [0, 0.05) is 23.7 Å². The maximum atomic E-state index is 5.97. The Balaban J connectivity index is 2.01. The zero-order valence-electron chi connectivity index (χ0n) is 13.4. The number of benzene rings is 1. The monoisotopic (exact) mass is 330 g/mol. The van der Waals surface area contributed by atoms with Crippen molar-refractivity contribution in [3.8, 4) is 11.3 Å². The molecule has 3 rings (SSSR count). The zero-order valence-corrected chi connectivity index (χ0v) is 14.2. The zero-order chi connectivity index (χ0) is 16.4. The Morgan fingerprint density at radius 3 is 2.65 bits per heavy atom. The van der Waals surface area contributed by atoms with Crippen LogP contribution in [0.4, 0.5) is 5.69 Å². The van der Waals surface area contributed by atoms with Crippen molar-refractivity contribution < 1.29 is 4.52 Å². The lowest BCUT2D eigenvalue weighted by Gasteiger charge is -2.12. The second kappa shape index (κ2) is 6.56. The highest BCUT2D eigenvalue weighted by molar-refractivity contribution is 6.30. The van der Waals surface area contributed by atoms with Gasteiger partial charge in [0.2, 0.25) is 5.58 Å². The van der Waals surface area contributed by atoms with Gasteiger partial charge in [-0.1, -0.05) is 28.9 Å². The minimum atomic E-state index is 0.693. The first-order chi connectivity index (χ1) is 11.0. The molecule has 6 heteroatoms. The van der Waals surface area contributed by atoms with E-state index < -0.39 is 0 Å². The van der Waals surface area contributed by atoms with Crippen molar-refractivity contribution >= 4 is 28.4 Å². The lowest BCUT2D eigenvalue weighted by molar-refractivity contribution is 0.424. The van der Waals surface area contributed by atoms with E-state index in [-0.39, 0.29) is 0 Å². The molecule has 0 saturated carbocycles. The first-order valence-corrected chi connectivity index (χ1v) is 7.84. The van der Waals surface area contributed by atoms with Crippen LogP contribution in [-0.4, -0.2) is 42.2 Å². The number of nitrogens with one attached hydrogen (secondary N) is 1. The minimum absolute atomic E-state index is 0.693. The summed E-state index contributed by atoms with van der Waals surface area (Å²) in [5.41, 5.74) is 5.04. The number of aryl methyl sites for hydroxylation is 1. The van der Waals surface area contributed by atoms with Gasteiger partial charge in [0.05, 0.1) is 11.4 Å². The van der Waals surface area contributed by atoms with E-state index >= 15 is 0 Å². The number of aromatic nitrogens is 2. The van der Waals surface area contributed by atoms with Crippen molar-refractivity contribution in [1.82, 2.24) is 15.0 Å². The van der Waals surface area contributed by atoms with E-state index in [9.17, 15) is 0 Å². The number of nitrogens with zero attached hydrogens (tertiary/aromatic N) is 3. The van der Waals surface area contributed by atoms with Crippen LogP contribution in [0.25, 0.3) is 22.4 Å². The molecule has 0 saturated heterocycles.